The van der Waals surface area contributed by atoms with Crippen LogP contribution in [0.1, 0.15) is 21.5 Å². The molecule has 1 amide bonds. The van der Waals surface area contributed by atoms with Crippen molar-refractivity contribution in [3.05, 3.63) is 68.8 Å². The molecule has 2 nitrogen and oxygen atoms in total. The number of amides is 1. The smallest absolute Gasteiger partial charge is 0.249 e. The van der Waals surface area contributed by atoms with E-state index in [4.69, 9.17) is 5.73 Å². The van der Waals surface area contributed by atoms with Gasteiger partial charge in [0.25, 0.3) is 0 Å². The van der Waals surface area contributed by atoms with Crippen LogP contribution in [0, 0.1) is 3.57 Å². The first-order valence-corrected chi connectivity index (χ1v) is 6.37. The number of primary amides is 1. The van der Waals surface area contributed by atoms with Gasteiger partial charge in [-0.2, -0.15) is 0 Å². The molecule has 0 saturated heterocycles. The second-order valence-electron chi connectivity index (χ2n) is 3.79. The van der Waals surface area contributed by atoms with E-state index in [0.29, 0.717) is 5.56 Å². The van der Waals surface area contributed by atoms with Crippen molar-refractivity contribution in [2.24, 2.45) is 5.73 Å². The van der Waals surface area contributed by atoms with Gasteiger partial charge in [0.05, 0.1) is 0 Å². The summed E-state index contributed by atoms with van der Waals surface area (Å²) in [4.78, 5) is 11.4. The first kappa shape index (κ1) is 12.1. The molecule has 2 aromatic rings. The third-order valence-electron chi connectivity index (χ3n) is 2.61. The standard InChI is InChI=1S/C14H12INO/c15-13-8-4-7-11(14(16)17)12(13)9-10-5-2-1-3-6-10/h1-8H,9H2,(H2,16,17). The fraction of sp³-hybridized carbons (Fsp3) is 0.0714. The summed E-state index contributed by atoms with van der Waals surface area (Å²) in [5, 5.41) is 0. The maximum Gasteiger partial charge on any atom is 0.249 e. The van der Waals surface area contributed by atoms with Gasteiger partial charge in [0, 0.05) is 9.13 Å². The van der Waals surface area contributed by atoms with Gasteiger partial charge in [-0.15, -0.1) is 0 Å². The van der Waals surface area contributed by atoms with Crippen molar-refractivity contribution in [3.8, 4) is 0 Å². The molecule has 86 valence electrons. The van der Waals surface area contributed by atoms with Crippen molar-refractivity contribution < 1.29 is 4.79 Å². The maximum absolute atomic E-state index is 11.4. The molecule has 3 heteroatoms. The molecule has 0 aliphatic rings. The zero-order valence-electron chi connectivity index (χ0n) is 9.19. The Bertz CT molecular complexity index is 537. The molecule has 17 heavy (non-hydrogen) atoms. The van der Waals surface area contributed by atoms with Crippen molar-refractivity contribution >= 4 is 28.5 Å². The largest absolute Gasteiger partial charge is 0.366 e. The number of rotatable bonds is 3. The molecule has 2 aromatic carbocycles. The third kappa shape index (κ3) is 2.85. The zero-order valence-corrected chi connectivity index (χ0v) is 11.3. The lowest BCUT2D eigenvalue weighted by Crippen LogP contribution is -2.14. The first-order chi connectivity index (χ1) is 8.18. The van der Waals surface area contributed by atoms with Gasteiger partial charge < -0.3 is 5.73 Å². The minimum absolute atomic E-state index is 0.366. The maximum atomic E-state index is 11.4. The number of benzene rings is 2. The average Bonchev–Trinajstić information content (AvgIpc) is 2.33. The summed E-state index contributed by atoms with van der Waals surface area (Å²) in [6.07, 6.45) is 0.734. The van der Waals surface area contributed by atoms with E-state index < -0.39 is 0 Å². The summed E-state index contributed by atoms with van der Waals surface area (Å²) in [7, 11) is 0. The van der Waals surface area contributed by atoms with Crippen LogP contribution in [0.25, 0.3) is 0 Å². The molecule has 0 aromatic heterocycles. The van der Waals surface area contributed by atoms with Crippen LogP contribution >= 0.6 is 22.6 Å². The van der Waals surface area contributed by atoms with Gasteiger partial charge in [0.15, 0.2) is 0 Å². The van der Waals surface area contributed by atoms with Gasteiger partial charge in [-0.25, -0.2) is 0 Å². The molecular formula is C14H12INO. The molecule has 0 aliphatic heterocycles. The van der Waals surface area contributed by atoms with E-state index in [0.717, 1.165) is 15.6 Å². The number of hydrogen-bond donors (Lipinski definition) is 1. The molecule has 2 N–H and O–H groups in total. The van der Waals surface area contributed by atoms with Gasteiger partial charge in [0.1, 0.15) is 0 Å². The van der Waals surface area contributed by atoms with E-state index >= 15 is 0 Å². The molecule has 0 heterocycles. The van der Waals surface area contributed by atoms with Crippen molar-refractivity contribution in [2.45, 2.75) is 6.42 Å². The monoisotopic (exact) mass is 337 g/mol. The number of halogens is 1. The van der Waals surface area contributed by atoms with Crippen LogP contribution in [-0.4, -0.2) is 5.91 Å². The molecule has 0 atom stereocenters. The Kier molecular flexibility index (Phi) is 3.78. The average molecular weight is 337 g/mol. The van der Waals surface area contributed by atoms with Crippen molar-refractivity contribution in [1.29, 1.82) is 0 Å². The molecule has 2 rings (SSSR count). The van der Waals surface area contributed by atoms with Gasteiger partial charge in [-0.3, -0.25) is 4.79 Å². The minimum Gasteiger partial charge on any atom is -0.366 e. The topological polar surface area (TPSA) is 43.1 Å². The lowest BCUT2D eigenvalue weighted by atomic mass is 9.99. The summed E-state index contributed by atoms with van der Waals surface area (Å²) in [6.45, 7) is 0. The second kappa shape index (κ2) is 5.31. The summed E-state index contributed by atoms with van der Waals surface area (Å²) in [5.74, 6) is -0.366. The third-order valence-corrected chi connectivity index (χ3v) is 3.62. The predicted molar refractivity (Wildman–Crippen MR) is 76.9 cm³/mol. The Labute approximate surface area is 114 Å². The summed E-state index contributed by atoms with van der Waals surface area (Å²) in [6, 6.07) is 15.7. The normalized spacial score (nSPS) is 10.2. The molecule has 0 saturated carbocycles. The molecular weight excluding hydrogens is 325 g/mol. The van der Waals surface area contributed by atoms with Gasteiger partial charge in [-0.05, 0) is 52.3 Å². The lowest BCUT2D eigenvalue weighted by Gasteiger charge is -2.09. The van der Waals surface area contributed by atoms with Crippen LogP contribution in [0.3, 0.4) is 0 Å². The molecule has 0 spiro atoms. The zero-order chi connectivity index (χ0) is 12.3. The molecule has 0 radical (unpaired) electrons. The van der Waals surface area contributed by atoms with Gasteiger partial charge in [-0.1, -0.05) is 36.4 Å². The summed E-state index contributed by atoms with van der Waals surface area (Å²) < 4.78 is 1.07. The lowest BCUT2D eigenvalue weighted by molar-refractivity contribution is 0.0999. The van der Waals surface area contributed by atoms with Gasteiger partial charge >= 0.3 is 0 Å². The SMILES string of the molecule is NC(=O)c1cccc(I)c1Cc1ccccc1. The molecule has 0 aliphatic carbocycles. The fourth-order valence-electron chi connectivity index (χ4n) is 1.77. The number of carbonyl (C=O) groups is 1. The highest BCUT2D eigenvalue weighted by molar-refractivity contribution is 14.1. The van der Waals surface area contributed by atoms with E-state index in [-0.39, 0.29) is 5.91 Å². The van der Waals surface area contributed by atoms with Crippen molar-refractivity contribution in [1.82, 2.24) is 0 Å². The highest BCUT2D eigenvalue weighted by Gasteiger charge is 2.11. The Hall–Kier alpha value is -1.36. The Balaban J connectivity index is 2.41. The quantitative estimate of drug-likeness (QED) is 0.860. The first-order valence-electron chi connectivity index (χ1n) is 5.29. The Morgan fingerprint density at radius 2 is 1.76 bits per heavy atom. The van der Waals surface area contributed by atoms with E-state index in [1.807, 2.05) is 42.5 Å². The highest BCUT2D eigenvalue weighted by Crippen LogP contribution is 2.20. The molecule has 0 bridgehead atoms. The van der Waals surface area contributed by atoms with Gasteiger partial charge in [0.2, 0.25) is 5.91 Å². The van der Waals surface area contributed by atoms with Crippen LogP contribution in [0.4, 0.5) is 0 Å². The van der Waals surface area contributed by atoms with E-state index in [2.05, 4.69) is 22.6 Å². The van der Waals surface area contributed by atoms with Crippen LogP contribution in [0.2, 0.25) is 0 Å². The van der Waals surface area contributed by atoms with Crippen LogP contribution in [0.15, 0.2) is 48.5 Å². The summed E-state index contributed by atoms with van der Waals surface area (Å²) in [5.41, 5.74) is 8.19. The number of carbonyl (C=O) groups excluding carboxylic acids is 1. The Morgan fingerprint density at radius 3 is 2.41 bits per heavy atom. The highest BCUT2D eigenvalue weighted by atomic mass is 127. The van der Waals surface area contributed by atoms with Crippen LogP contribution < -0.4 is 5.73 Å². The van der Waals surface area contributed by atoms with Crippen LogP contribution in [0.5, 0.6) is 0 Å². The minimum atomic E-state index is -0.366. The van der Waals surface area contributed by atoms with Crippen LogP contribution in [-0.2, 0) is 6.42 Å². The number of hydrogen-bond acceptors (Lipinski definition) is 1. The van der Waals surface area contributed by atoms with E-state index in [1.165, 1.54) is 5.56 Å². The second-order valence-corrected chi connectivity index (χ2v) is 4.95. The van der Waals surface area contributed by atoms with E-state index in [9.17, 15) is 4.79 Å². The fourth-order valence-corrected chi connectivity index (χ4v) is 2.46. The van der Waals surface area contributed by atoms with Crippen molar-refractivity contribution in [3.63, 3.8) is 0 Å². The molecule has 0 fully saturated rings. The molecule has 0 unspecified atom stereocenters. The number of nitrogens with two attached hydrogens (primary N) is 1. The Morgan fingerprint density at radius 1 is 1.06 bits per heavy atom. The summed E-state index contributed by atoms with van der Waals surface area (Å²) >= 11 is 2.24. The van der Waals surface area contributed by atoms with Crippen molar-refractivity contribution in [2.75, 3.05) is 0 Å². The van der Waals surface area contributed by atoms with E-state index in [1.54, 1.807) is 6.07 Å². The predicted octanol–water partition coefficient (Wildman–Crippen LogP) is 2.98.